The van der Waals surface area contributed by atoms with Crippen LogP contribution in [-0.2, 0) is 0 Å². The van der Waals surface area contributed by atoms with Crippen LogP contribution in [0.2, 0.25) is 0 Å². The molecule has 94 valence electrons. The summed E-state index contributed by atoms with van der Waals surface area (Å²) in [5.74, 6) is -0.106. The first-order chi connectivity index (χ1) is 8.79. The number of nitrogens with zero attached hydrogens (tertiary/aromatic N) is 5. The van der Waals surface area contributed by atoms with Crippen molar-refractivity contribution in [2.45, 2.75) is 13.3 Å². The van der Waals surface area contributed by atoms with E-state index in [2.05, 4.69) is 35.9 Å². The van der Waals surface area contributed by atoms with Gasteiger partial charge in [-0.15, -0.1) is 5.10 Å². The highest BCUT2D eigenvalue weighted by atomic mass is 16.5. The molecule has 0 saturated carbocycles. The summed E-state index contributed by atoms with van der Waals surface area (Å²) in [6.45, 7) is 2.49. The first kappa shape index (κ1) is 11.9. The van der Waals surface area contributed by atoms with E-state index in [0.29, 0.717) is 12.5 Å². The van der Waals surface area contributed by atoms with Crippen molar-refractivity contribution in [3.63, 3.8) is 0 Å². The number of carbonyl (C=O) groups is 1. The normalized spacial score (nSPS) is 10.1. The molecule has 9 nitrogen and oxygen atoms in total. The highest BCUT2D eigenvalue weighted by molar-refractivity contribution is 6.01. The Morgan fingerprint density at radius 1 is 1.50 bits per heavy atom. The van der Waals surface area contributed by atoms with E-state index in [1.54, 1.807) is 0 Å². The smallest absolute Gasteiger partial charge is 0.278 e. The molecule has 0 spiro atoms. The summed E-state index contributed by atoms with van der Waals surface area (Å²) in [7, 11) is 0. The Morgan fingerprint density at radius 2 is 2.39 bits per heavy atom. The number of hydrogen-bond donors (Lipinski definition) is 2. The predicted octanol–water partition coefficient (Wildman–Crippen LogP) is 0.0308. The molecule has 2 aromatic heterocycles. The number of ether oxygens (including phenoxy) is 1. The van der Waals surface area contributed by atoms with E-state index in [9.17, 15) is 4.79 Å². The molecular weight excluding hydrogens is 238 g/mol. The number of aromatic amines is 1. The molecule has 2 N–H and O–H groups in total. The minimum atomic E-state index is -0.481. The number of H-pyrrole nitrogens is 1. The molecule has 0 aliphatic heterocycles. The van der Waals surface area contributed by atoms with Crippen LogP contribution in [0.15, 0.2) is 12.4 Å². The number of rotatable bonds is 5. The van der Waals surface area contributed by atoms with Gasteiger partial charge < -0.3 is 4.74 Å². The van der Waals surface area contributed by atoms with Gasteiger partial charge in [0.2, 0.25) is 5.88 Å². The molecule has 0 unspecified atom stereocenters. The summed E-state index contributed by atoms with van der Waals surface area (Å²) < 4.78 is 5.28. The fourth-order valence-corrected chi connectivity index (χ4v) is 1.11. The van der Waals surface area contributed by atoms with Crippen molar-refractivity contribution < 1.29 is 9.53 Å². The van der Waals surface area contributed by atoms with Crippen LogP contribution in [0.1, 0.15) is 23.8 Å². The number of aromatic nitrogens is 6. The van der Waals surface area contributed by atoms with Gasteiger partial charge in [0.15, 0.2) is 5.69 Å². The minimum absolute atomic E-state index is 0.0710. The Bertz CT molecular complexity index is 513. The molecule has 18 heavy (non-hydrogen) atoms. The van der Waals surface area contributed by atoms with Gasteiger partial charge in [0.1, 0.15) is 0 Å². The van der Waals surface area contributed by atoms with Crippen LogP contribution in [0.25, 0.3) is 0 Å². The van der Waals surface area contributed by atoms with Crippen LogP contribution in [0.4, 0.5) is 5.95 Å². The van der Waals surface area contributed by atoms with E-state index in [0.717, 1.165) is 6.42 Å². The second kappa shape index (κ2) is 5.66. The van der Waals surface area contributed by atoms with Crippen LogP contribution < -0.4 is 10.1 Å². The highest BCUT2D eigenvalue weighted by Gasteiger charge is 2.11. The molecule has 0 saturated heterocycles. The second-order valence-corrected chi connectivity index (χ2v) is 3.28. The Balaban J connectivity index is 2.05. The molecule has 0 aromatic carbocycles. The first-order valence-electron chi connectivity index (χ1n) is 5.29. The van der Waals surface area contributed by atoms with E-state index in [4.69, 9.17) is 4.74 Å². The average Bonchev–Trinajstić information content (AvgIpc) is 2.89. The quantitative estimate of drug-likeness (QED) is 0.767. The predicted molar refractivity (Wildman–Crippen MR) is 59.9 cm³/mol. The summed E-state index contributed by atoms with van der Waals surface area (Å²) >= 11 is 0. The maximum Gasteiger partial charge on any atom is 0.278 e. The van der Waals surface area contributed by atoms with Crippen LogP contribution in [-0.4, -0.2) is 43.1 Å². The summed E-state index contributed by atoms with van der Waals surface area (Å²) in [5, 5.41) is 15.1. The fraction of sp³-hybridized carbons (Fsp3) is 0.333. The molecule has 0 aliphatic rings. The Morgan fingerprint density at radius 3 is 3.11 bits per heavy atom. The van der Waals surface area contributed by atoms with Crippen LogP contribution in [0.5, 0.6) is 5.88 Å². The lowest BCUT2D eigenvalue weighted by Crippen LogP contribution is -2.15. The summed E-state index contributed by atoms with van der Waals surface area (Å²) in [5.41, 5.74) is 0.119. The van der Waals surface area contributed by atoms with E-state index in [1.165, 1.54) is 12.4 Å². The van der Waals surface area contributed by atoms with Crippen LogP contribution in [0, 0.1) is 0 Å². The lowest BCUT2D eigenvalue weighted by Gasteiger charge is -2.04. The molecule has 2 rings (SSSR count). The maximum atomic E-state index is 11.7. The molecular formula is C9H11N7O2. The van der Waals surface area contributed by atoms with Crippen molar-refractivity contribution in [2.75, 3.05) is 11.9 Å². The number of tetrazole rings is 1. The van der Waals surface area contributed by atoms with Gasteiger partial charge in [-0.3, -0.25) is 15.1 Å². The zero-order chi connectivity index (χ0) is 12.8. The lowest BCUT2D eigenvalue weighted by atomic mass is 10.4. The third-order valence-corrected chi connectivity index (χ3v) is 1.87. The molecule has 2 heterocycles. The Labute approximate surface area is 102 Å². The zero-order valence-electron chi connectivity index (χ0n) is 9.62. The fourth-order valence-electron chi connectivity index (χ4n) is 1.11. The van der Waals surface area contributed by atoms with Crippen molar-refractivity contribution in [1.82, 2.24) is 30.6 Å². The van der Waals surface area contributed by atoms with Gasteiger partial charge in [-0.25, -0.2) is 4.98 Å². The molecule has 1 amide bonds. The number of nitrogens with one attached hydrogen (secondary N) is 2. The first-order valence-corrected chi connectivity index (χ1v) is 5.29. The lowest BCUT2D eigenvalue weighted by molar-refractivity contribution is 0.101. The van der Waals surface area contributed by atoms with Crippen LogP contribution >= 0.6 is 0 Å². The van der Waals surface area contributed by atoms with Crippen molar-refractivity contribution in [2.24, 2.45) is 0 Å². The van der Waals surface area contributed by atoms with E-state index >= 15 is 0 Å². The summed E-state index contributed by atoms with van der Waals surface area (Å²) in [6.07, 6.45) is 3.62. The van der Waals surface area contributed by atoms with Crippen molar-refractivity contribution in [3.8, 4) is 5.88 Å². The molecule has 0 radical (unpaired) electrons. The van der Waals surface area contributed by atoms with Crippen LogP contribution in [0.3, 0.4) is 0 Å². The number of carbonyl (C=O) groups excluding carboxylic acids is 1. The van der Waals surface area contributed by atoms with E-state index < -0.39 is 5.91 Å². The topological polar surface area (TPSA) is 119 Å². The van der Waals surface area contributed by atoms with E-state index in [1.807, 2.05) is 6.92 Å². The second-order valence-electron chi connectivity index (χ2n) is 3.28. The van der Waals surface area contributed by atoms with Gasteiger partial charge in [-0.2, -0.15) is 5.21 Å². The standard InChI is InChI=1S/C9H11N7O2/c1-2-3-18-7-5-10-4-6(11-7)8(17)12-9-13-15-16-14-9/h4-5H,2-3H2,1H3,(H2,12,13,14,15,16,17). The van der Waals surface area contributed by atoms with Gasteiger partial charge >= 0.3 is 0 Å². The molecule has 0 bridgehead atoms. The number of anilines is 1. The monoisotopic (exact) mass is 249 g/mol. The maximum absolute atomic E-state index is 11.7. The minimum Gasteiger partial charge on any atom is -0.477 e. The molecule has 0 atom stereocenters. The van der Waals surface area contributed by atoms with Crippen molar-refractivity contribution in [1.29, 1.82) is 0 Å². The third-order valence-electron chi connectivity index (χ3n) is 1.87. The highest BCUT2D eigenvalue weighted by Crippen LogP contribution is 2.06. The van der Waals surface area contributed by atoms with E-state index in [-0.39, 0.29) is 11.6 Å². The molecule has 2 aromatic rings. The van der Waals surface area contributed by atoms with Crippen molar-refractivity contribution in [3.05, 3.63) is 18.1 Å². The van der Waals surface area contributed by atoms with Gasteiger partial charge in [0.05, 0.1) is 19.0 Å². The molecule has 9 heteroatoms. The van der Waals surface area contributed by atoms with Gasteiger partial charge in [0, 0.05) is 0 Å². The average molecular weight is 249 g/mol. The summed E-state index contributed by atoms with van der Waals surface area (Å²) in [4.78, 5) is 19.6. The molecule has 0 fully saturated rings. The number of hydrogen-bond acceptors (Lipinski definition) is 7. The largest absolute Gasteiger partial charge is 0.477 e. The summed E-state index contributed by atoms with van der Waals surface area (Å²) in [6, 6.07) is 0. The third kappa shape index (κ3) is 2.97. The molecule has 0 aliphatic carbocycles. The SMILES string of the molecule is CCCOc1cncc(C(=O)Nc2nn[nH]n2)n1. The van der Waals surface area contributed by atoms with Gasteiger partial charge in [-0.1, -0.05) is 12.0 Å². The Hall–Kier alpha value is -2.58. The van der Waals surface area contributed by atoms with Gasteiger partial charge in [-0.05, 0) is 11.6 Å². The van der Waals surface area contributed by atoms with Gasteiger partial charge in [0.25, 0.3) is 11.9 Å². The number of amides is 1. The Kier molecular flexibility index (Phi) is 3.74. The van der Waals surface area contributed by atoms with Crippen molar-refractivity contribution >= 4 is 11.9 Å². The zero-order valence-corrected chi connectivity index (χ0v) is 9.62.